The molecule has 0 heterocycles. The van der Waals surface area contributed by atoms with Crippen molar-refractivity contribution in [2.75, 3.05) is 11.1 Å². The molecule has 1 N–H and O–H groups in total. The number of amides is 1. The highest BCUT2D eigenvalue weighted by Gasteiger charge is 2.09. The Kier molecular flexibility index (Phi) is 4.99. The van der Waals surface area contributed by atoms with Crippen molar-refractivity contribution in [1.82, 2.24) is 0 Å². The van der Waals surface area contributed by atoms with Crippen LogP contribution in [0.5, 0.6) is 0 Å². The molecule has 23 heavy (non-hydrogen) atoms. The van der Waals surface area contributed by atoms with Gasteiger partial charge in [-0.2, -0.15) is 0 Å². The lowest BCUT2D eigenvalue weighted by atomic mass is 10.1. The van der Waals surface area contributed by atoms with E-state index in [1.807, 2.05) is 48.5 Å². The van der Waals surface area contributed by atoms with Gasteiger partial charge in [0, 0.05) is 10.9 Å². The average Bonchev–Trinajstić information content (AvgIpc) is 2.60. The smallest absolute Gasteiger partial charge is 0.234 e. The second-order valence-corrected chi connectivity index (χ2v) is 6.80. The summed E-state index contributed by atoms with van der Waals surface area (Å²) >= 11 is 1.65. The van der Waals surface area contributed by atoms with Gasteiger partial charge in [-0.25, -0.2) is 0 Å². The van der Waals surface area contributed by atoms with Crippen molar-refractivity contribution >= 4 is 34.1 Å². The van der Waals surface area contributed by atoms with Gasteiger partial charge in [-0.05, 0) is 35.4 Å². The molecule has 0 aliphatic heterocycles. The van der Waals surface area contributed by atoms with Crippen LogP contribution in [0.1, 0.15) is 17.7 Å². The maximum atomic E-state index is 12.2. The van der Waals surface area contributed by atoms with Crippen molar-refractivity contribution in [2.45, 2.75) is 12.2 Å². The zero-order valence-electron chi connectivity index (χ0n) is 13.0. The van der Waals surface area contributed by atoms with Crippen LogP contribution in [0.4, 0.5) is 5.69 Å². The fourth-order valence-electron chi connectivity index (χ4n) is 2.49. The summed E-state index contributed by atoms with van der Waals surface area (Å²) in [4.78, 5) is 12.2. The molecule has 0 radical (unpaired) electrons. The summed E-state index contributed by atoms with van der Waals surface area (Å²) in [5.74, 6) is 0.483. The van der Waals surface area contributed by atoms with Gasteiger partial charge < -0.3 is 5.32 Å². The summed E-state index contributed by atoms with van der Waals surface area (Å²) in [7, 11) is 0. The molecule has 3 aromatic carbocycles. The van der Waals surface area contributed by atoms with E-state index in [4.69, 9.17) is 0 Å². The normalized spacial score (nSPS) is 12.0. The molecule has 1 atom stereocenters. The highest BCUT2D eigenvalue weighted by molar-refractivity contribution is 8.00. The molecule has 116 valence electrons. The molecule has 3 rings (SSSR count). The summed E-state index contributed by atoms with van der Waals surface area (Å²) < 4.78 is 0. The average molecular weight is 321 g/mol. The van der Waals surface area contributed by atoms with Gasteiger partial charge in [-0.3, -0.25) is 4.79 Å². The van der Waals surface area contributed by atoms with E-state index in [0.717, 1.165) is 11.1 Å². The second kappa shape index (κ2) is 7.34. The number of nitrogens with one attached hydrogen (secondary N) is 1. The first-order chi connectivity index (χ1) is 11.2. The summed E-state index contributed by atoms with van der Waals surface area (Å²) in [6.45, 7) is 2.13. The van der Waals surface area contributed by atoms with Crippen molar-refractivity contribution in [3.8, 4) is 0 Å². The number of hydrogen-bond acceptors (Lipinski definition) is 2. The Bertz CT molecular complexity index is 801. The molecule has 0 aliphatic carbocycles. The predicted octanol–water partition coefficient (Wildman–Crippen LogP) is 5.27. The standard InChI is InChI=1S/C20H19NOS/c1-15(16-7-3-2-4-8-16)23-14-20(22)21-19-12-11-17-9-5-6-10-18(17)13-19/h2-13,15H,14H2,1H3,(H,21,22)/t15-/m1/s1. The van der Waals surface area contributed by atoms with Gasteiger partial charge in [-0.1, -0.05) is 60.7 Å². The predicted molar refractivity (Wildman–Crippen MR) is 99.9 cm³/mol. The molecule has 0 unspecified atom stereocenters. The van der Waals surface area contributed by atoms with E-state index < -0.39 is 0 Å². The molecule has 3 heteroatoms. The molecular weight excluding hydrogens is 302 g/mol. The second-order valence-electron chi connectivity index (χ2n) is 5.47. The zero-order chi connectivity index (χ0) is 16.1. The van der Waals surface area contributed by atoms with Gasteiger partial charge >= 0.3 is 0 Å². The summed E-state index contributed by atoms with van der Waals surface area (Å²) in [6.07, 6.45) is 0. The maximum absolute atomic E-state index is 12.2. The minimum absolute atomic E-state index is 0.0352. The first-order valence-electron chi connectivity index (χ1n) is 7.67. The lowest BCUT2D eigenvalue weighted by Gasteiger charge is -2.12. The van der Waals surface area contributed by atoms with Crippen molar-refractivity contribution in [1.29, 1.82) is 0 Å². The third-order valence-electron chi connectivity index (χ3n) is 3.77. The summed E-state index contributed by atoms with van der Waals surface area (Å²) in [5.41, 5.74) is 2.10. The number of carbonyl (C=O) groups excluding carboxylic acids is 1. The SMILES string of the molecule is C[C@@H](SCC(=O)Nc1ccc2ccccc2c1)c1ccccc1. The van der Waals surface area contributed by atoms with E-state index in [1.54, 1.807) is 11.8 Å². The molecule has 0 bridgehead atoms. The van der Waals surface area contributed by atoms with Crippen LogP contribution in [0.3, 0.4) is 0 Å². The van der Waals surface area contributed by atoms with Gasteiger partial charge in [0.2, 0.25) is 5.91 Å². The molecule has 0 fully saturated rings. The minimum atomic E-state index is 0.0352. The van der Waals surface area contributed by atoms with E-state index in [9.17, 15) is 4.79 Å². The van der Waals surface area contributed by atoms with E-state index in [-0.39, 0.29) is 5.91 Å². The molecular formula is C20H19NOS. The van der Waals surface area contributed by atoms with Crippen LogP contribution in [0.25, 0.3) is 10.8 Å². The van der Waals surface area contributed by atoms with Crippen molar-refractivity contribution in [2.24, 2.45) is 0 Å². The van der Waals surface area contributed by atoms with E-state index in [1.165, 1.54) is 10.9 Å². The van der Waals surface area contributed by atoms with E-state index >= 15 is 0 Å². The number of benzene rings is 3. The Morgan fingerprint density at radius 3 is 2.43 bits per heavy atom. The molecule has 3 aromatic rings. The number of rotatable bonds is 5. The molecule has 0 aromatic heterocycles. The zero-order valence-corrected chi connectivity index (χ0v) is 13.8. The Balaban J connectivity index is 1.58. The van der Waals surface area contributed by atoms with Crippen LogP contribution in [0.2, 0.25) is 0 Å². The number of thioether (sulfide) groups is 1. The first kappa shape index (κ1) is 15.6. The number of carbonyl (C=O) groups is 1. The third-order valence-corrected chi connectivity index (χ3v) is 4.97. The van der Waals surface area contributed by atoms with Crippen molar-refractivity contribution < 1.29 is 4.79 Å². The van der Waals surface area contributed by atoms with E-state index in [2.05, 4.69) is 36.5 Å². The van der Waals surface area contributed by atoms with Crippen LogP contribution >= 0.6 is 11.8 Å². The van der Waals surface area contributed by atoms with Crippen molar-refractivity contribution in [3.05, 3.63) is 78.4 Å². The van der Waals surface area contributed by atoms with Crippen LogP contribution in [-0.2, 0) is 4.79 Å². The number of anilines is 1. The minimum Gasteiger partial charge on any atom is -0.325 e. The van der Waals surface area contributed by atoms with Crippen LogP contribution in [-0.4, -0.2) is 11.7 Å². The van der Waals surface area contributed by atoms with Crippen molar-refractivity contribution in [3.63, 3.8) is 0 Å². The van der Waals surface area contributed by atoms with Gasteiger partial charge in [0.1, 0.15) is 0 Å². The first-order valence-corrected chi connectivity index (χ1v) is 8.72. The van der Waals surface area contributed by atoms with Gasteiger partial charge in [0.25, 0.3) is 0 Å². The molecule has 0 saturated heterocycles. The monoisotopic (exact) mass is 321 g/mol. The van der Waals surface area contributed by atoms with Gasteiger partial charge in [0.15, 0.2) is 0 Å². The van der Waals surface area contributed by atoms with Crippen LogP contribution in [0.15, 0.2) is 72.8 Å². The maximum Gasteiger partial charge on any atom is 0.234 e. The summed E-state index contributed by atoms with van der Waals surface area (Å²) in [5, 5.41) is 5.60. The molecule has 0 aliphatic rings. The third kappa shape index (κ3) is 4.14. The highest BCUT2D eigenvalue weighted by Crippen LogP contribution is 2.28. The molecule has 0 spiro atoms. The molecule has 2 nitrogen and oxygen atoms in total. The Hall–Kier alpha value is -2.26. The lowest BCUT2D eigenvalue weighted by molar-refractivity contribution is -0.113. The van der Waals surface area contributed by atoms with E-state index in [0.29, 0.717) is 11.0 Å². The number of hydrogen-bond donors (Lipinski definition) is 1. The Morgan fingerprint density at radius 2 is 1.65 bits per heavy atom. The van der Waals surface area contributed by atoms with Crippen LogP contribution < -0.4 is 5.32 Å². The van der Waals surface area contributed by atoms with Gasteiger partial charge in [-0.15, -0.1) is 11.8 Å². The molecule has 0 saturated carbocycles. The molecule has 1 amide bonds. The fourth-order valence-corrected chi connectivity index (χ4v) is 3.31. The van der Waals surface area contributed by atoms with Crippen LogP contribution in [0, 0.1) is 0 Å². The quantitative estimate of drug-likeness (QED) is 0.693. The highest BCUT2D eigenvalue weighted by atomic mass is 32.2. The Morgan fingerprint density at radius 1 is 0.957 bits per heavy atom. The number of fused-ring (bicyclic) bond motifs is 1. The lowest BCUT2D eigenvalue weighted by Crippen LogP contribution is -2.14. The largest absolute Gasteiger partial charge is 0.325 e. The topological polar surface area (TPSA) is 29.1 Å². The summed E-state index contributed by atoms with van der Waals surface area (Å²) in [6, 6.07) is 24.4. The fraction of sp³-hybridized carbons (Fsp3) is 0.150. The Labute approximate surface area is 140 Å². The van der Waals surface area contributed by atoms with Gasteiger partial charge in [0.05, 0.1) is 5.75 Å².